The first kappa shape index (κ1) is 24.6. The summed E-state index contributed by atoms with van der Waals surface area (Å²) in [6.07, 6.45) is 1.88. The van der Waals surface area contributed by atoms with Crippen LogP contribution < -0.4 is 4.90 Å². The maximum absolute atomic E-state index is 13.3. The van der Waals surface area contributed by atoms with Crippen LogP contribution in [0.25, 0.3) is 0 Å². The van der Waals surface area contributed by atoms with E-state index in [0.717, 1.165) is 35.6 Å². The zero-order valence-corrected chi connectivity index (χ0v) is 21.4. The molecule has 0 spiro atoms. The minimum Gasteiger partial charge on any atom is -0.372 e. The van der Waals surface area contributed by atoms with Gasteiger partial charge in [0.1, 0.15) is 5.82 Å². The first-order valence-electron chi connectivity index (χ1n) is 11.8. The summed E-state index contributed by atoms with van der Waals surface area (Å²) in [6, 6.07) is 7.47. The second-order valence-electron chi connectivity index (χ2n) is 9.49. The molecule has 2 aliphatic rings. The number of carbonyl (C=O) groups excluding carboxylic acids is 1. The number of aryl methyl sites for hydroxylation is 3. The fraction of sp³-hybridized carbons (Fsp3) is 0.520. The van der Waals surface area contributed by atoms with E-state index in [9.17, 15) is 13.2 Å². The van der Waals surface area contributed by atoms with Crippen molar-refractivity contribution in [1.29, 1.82) is 0 Å². The highest BCUT2D eigenvalue weighted by molar-refractivity contribution is 7.89. The van der Waals surface area contributed by atoms with Crippen LogP contribution in [0.4, 0.5) is 5.82 Å². The highest BCUT2D eigenvalue weighted by atomic mass is 32.2. The monoisotopic (exact) mass is 486 g/mol. The molecule has 0 N–H and O–H groups in total. The number of rotatable bonds is 4. The Bertz CT molecular complexity index is 1120. The number of hydrogen-bond donors (Lipinski definition) is 0. The Morgan fingerprint density at radius 1 is 0.971 bits per heavy atom. The van der Waals surface area contributed by atoms with Gasteiger partial charge in [-0.25, -0.2) is 13.4 Å². The van der Waals surface area contributed by atoms with Crippen molar-refractivity contribution in [1.82, 2.24) is 14.2 Å². The summed E-state index contributed by atoms with van der Waals surface area (Å²) in [6.45, 7) is 12.5. The molecule has 8 nitrogen and oxygen atoms in total. The topological polar surface area (TPSA) is 83.1 Å². The Kier molecular flexibility index (Phi) is 6.98. The zero-order valence-electron chi connectivity index (χ0n) is 20.6. The minimum absolute atomic E-state index is 0.123. The van der Waals surface area contributed by atoms with Gasteiger partial charge in [0.15, 0.2) is 0 Å². The summed E-state index contributed by atoms with van der Waals surface area (Å²) in [5, 5.41) is 0. The molecule has 34 heavy (non-hydrogen) atoms. The fourth-order valence-electron chi connectivity index (χ4n) is 5.08. The zero-order chi connectivity index (χ0) is 24.6. The van der Waals surface area contributed by atoms with E-state index in [1.54, 1.807) is 17.2 Å². The van der Waals surface area contributed by atoms with Crippen molar-refractivity contribution in [2.45, 2.75) is 51.7 Å². The lowest BCUT2D eigenvalue weighted by Crippen LogP contribution is -2.50. The summed E-state index contributed by atoms with van der Waals surface area (Å²) < 4.78 is 33.9. The highest BCUT2D eigenvalue weighted by Crippen LogP contribution is 2.26. The Labute approximate surface area is 202 Å². The van der Waals surface area contributed by atoms with Gasteiger partial charge in [-0.05, 0) is 57.9 Å². The third kappa shape index (κ3) is 4.96. The average Bonchev–Trinajstić information content (AvgIpc) is 2.77. The number of nitrogens with zero attached hydrogens (tertiary/aromatic N) is 4. The number of sulfonamides is 1. The number of pyridine rings is 1. The van der Waals surface area contributed by atoms with E-state index in [2.05, 4.69) is 9.88 Å². The van der Waals surface area contributed by atoms with Crippen molar-refractivity contribution in [2.75, 3.05) is 44.2 Å². The number of anilines is 1. The van der Waals surface area contributed by atoms with E-state index in [1.807, 2.05) is 52.8 Å². The van der Waals surface area contributed by atoms with E-state index in [1.165, 1.54) is 4.31 Å². The molecule has 1 aromatic heterocycles. The Balaban J connectivity index is 1.41. The van der Waals surface area contributed by atoms with Gasteiger partial charge < -0.3 is 14.5 Å². The van der Waals surface area contributed by atoms with Gasteiger partial charge in [0.2, 0.25) is 10.0 Å². The predicted molar refractivity (Wildman–Crippen MR) is 132 cm³/mol. The van der Waals surface area contributed by atoms with E-state index >= 15 is 0 Å². The number of morpholine rings is 1. The average molecular weight is 487 g/mol. The Morgan fingerprint density at radius 3 is 2.09 bits per heavy atom. The second-order valence-corrected chi connectivity index (χ2v) is 11.4. The smallest absolute Gasteiger partial charge is 0.255 e. The molecule has 0 bridgehead atoms. The Morgan fingerprint density at radius 2 is 1.56 bits per heavy atom. The fourth-order valence-corrected chi connectivity index (χ4v) is 6.92. The first-order chi connectivity index (χ1) is 16.1. The number of carbonyl (C=O) groups is 1. The van der Waals surface area contributed by atoms with Crippen molar-refractivity contribution in [3.63, 3.8) is 0 Å². The van der Waals surface area contributed by atoms with Crippen LogP contribution in [0.1, 0.15) is 40.9 Å². The number of ether oxygens (including phenoxy) is 1. The van der Waals surface area contributed by atoms with Crippen LogP contribution in [0.15, 0.2) is 35.4 Å². The quantitative estimate of drug-likeness (QED) is 0.661. The number of piperazine rings is 1. The molecule has 2 atom stereocenters. The second kappa shape index (κ2) is 9.64. The standard InChI is InChI=1S/C25H34N4O4S/c1-17-12-18(2)24(19(3)13-17)34(31,32)29-10-8-27(9-11-29)25(30)22-6-7-23(26-14-22)28-15-20(4)33-21(5)16-28/h6-7,12-14,20-21H,8-11,15-16H2,1-5H3. The summed E-state index contributed by atoms with van der Waals surface area (Å²) in [5.74, 6) is 0.709. The maximum Gasteiger partial charge on any atom is 0.255 e. The largest absolute Gasteiger partial charge is 0.372 e. The molecule has 0 aliphatic carbocycles. The highest BCUT2D eigenvalue weighted by Gasteiger charge is 2.32. The molecule has 2 aromatic rings. The Hall–Kier alpha value is -2.49. The molecule has 2 unspecified atom stereocenters. The number of benzene rings is 1. The van der Waals surface area contributed by atoms with Gasteiger partial charge in [0.25, 0.3) is 5.91 Å². The van der Waals surface area contributed by atoms with Crippen molar-refractivity contribution in [3.8, 4) is 0 Å². The molecule has 9 heteroatoms. The lowest BCUT2D eigenvalue weighted by Gasteiger charge is -2.36. The molecule has 0 saturated carbocycles. The van der Waals surface area contributed by atoms with Gasteiger partial charge in [-0.15, -0.1) is 0 Å². The summed E-state index contributed by atoms with van der Waals surface area (Å²) in [7, 11) is -3.61. The predicted octanol–water partition coefficient (Wildman–Crippen LogP) is 2.77. The van der Waals surface area contributed by atoms with Gasteiger partial charge >= 0.3 is 0 Å². The van der Waals surface area contributed by atoms with Crippen LogP contribution in [0, 0.1) is 20.8 Å². The van der Waals surface area contributed by atoms with Crippen molar-refractivity contribution >= 4 is 21.7 Å². The number of aromatic nitrogens is 1. The molecular formula is C25H34N4O4S. The number of amides is 1. The maximum atomic E-state index is 13.3. The van der Waals surface area contributed by atoms with Crippen LogP contribution in [-0.2, 0) is 14.8 Å². The van der Waals surface area contributed by atoms with Gasteiger partial charge in [-0.2, -0.15) is 4.31 Å². The molecule has 4 rings (SSSR count). The summed E-state index contributed by atoms with van der Waals surface area (Å²) >= 11 is 0. The van der Waals surface area contributed by atoms with Gasteiger partial charge in [0.05, 0.1) is 22.7 Å². The third-order valence-electron chi connectivity index (χ3n) is 6.47. The van der Waals surface area contributed by atoms with Crippen molar-refractivity contribution in [3.05, 3.63) is 52.7 Å². The van der Waals surface area contributed by atoms with Crippen molar-refractivity contribution in [2.24, 2.45) is 0 Å². The van der Waals surface area contributed by atoms with E-state index in [-0.39, 0.29) is 31.2 Å². The molecule has 2 saturated heterocycles. The third-order valence-corrected chi connectivity index (χ3v) is 8.67. The first-order valence-corrected chi connectivity index (χ1v) is 13.2. The van der Waals surface area contributed by atoms with Crippen LogP contribution in [-0.4, -0.2) is 80.0 Å². The van der Waals surface area contributed by atoms with Crippen molar-refractivity contribution < 1.29 is 17.9 Å². The summed E-state index contributed by atoms with van der Waals surface area (Å²) in [4.78, 5) is 21.8. The molecule has 3 heterocycles. The van der Waals surface area contributed by atoms with Crippen LogP contribution in [0.3, 0.4) is 0 Å². The van der Waals surface area contributed by atoms with Crippen LogP contribution in [0.5, 0.6) is 0 Å². The normalized spacial score (nSPS) is 22.1. The lowest BCUT2D eigenvalue weighted by molar-refractivity contribution is -0.00546. The minimum atomic E-state index is -3.61. The lowest BCUT2D eigenvalue weighted by atomic mass is 10.1. The van der Waals surface area contributed by atoms with Gasteiger partial charge in [-0.1, -0.05) is 17.7 Å². The van der Waals surface area contributed by atoms with Gasteiger partial charge in [-0.3, -0.25) is 4.79 Å². The van der Waals surface area contributed by atoms with Crippen LogP contribution >= 0.6 is 0 Å². The van der Waals surface area contributed by atoms with Gasteiger partial charge in [0, 0.05) is 45.5 Å². The molecule has 0 radical (unpaired) electrons. The molecule has 1 aromatic carbocycles. The van der Waals surface area contributed by atoms with E-state index in [0.29, 0.717) is 23.5 Å². The molecule has 2 fully saturated rings. The molecular weight excluding hydrogens is 452 g/mol. The summed E-state index contributed by atoms with van der Waals surface area (Å²) in [5.41, 5.74) is 3.07. The molecule has 2 aliphatic heterocycles. The van der Waals surface area contributed by atoms with E-state index in [4.69, 9.17) is 4.74 Å². The molecule has 184 valence electrons. The molecule has 1 amide bonds. The number of hydrogen-bond acceptors (Lipinski definition) is 6. The van der Waals surface area contributed by atoms with Crippen LogP contribution in [0.2, 0.25) is 0 Å². The van der Waals surface area contributed by atoms with E-state index < -0.39 is 10.0 Å². The SMILES string of the molecule is Cc1cc(C)c(S(=O)(=O)N2CCN(C(=O)c3ccc(N4CC(C)OC(C)C4)nc3)CC2)c(C)c1.